The van der Waals surface area contributed by atoms with Crippen LogP contribution in [0.5, 0.6) is 0 Å². The van der Waals surface area contributed by atoms with Crippen molar-refractivity contribution in [2.24, 2.45) is 5.92 Å². The van der Waals surface area contributed by atoms with Gasteiger partial charge in [-0.15, -0.1) is 0 Å². The Labute approximate surface area is 231 Å². The molecule has 0 aliphatic carbocycles. The highest BCUT2D eigenvalue weighted by atomic mass is 16.6. The molecular weight excluding hydrogens is 492 g/mol. The van der Waals surface area contributed by atoms with Crippen molar-refractivity contribution in [1.29, 1.82) is 0 Å². The van der Waals surface area contributed by atoms with E-state index in [0.717, 1.165) is 44.5 Å². The summed E-state index contributed by atoms with van der Waals surface area (Å²) in [6.07, 6.45) is 4.90. The highest BCUT2D eigenvalue weighted by molar-refractivity contribution is 6.01. The highest BCUT2D eigenvalue weighted by Crippen LogP contribution is 2.30. The van der Waals surface area contributed by atoms with Gasteiger partial charge in [-0.1, -0.05) is 18.2 Å². The maximum atomic E-state index is 12.6. The van der Waals surface area contributed by atoms with Gasteiger partial charge in [0, 0.05) is 44.0 Å². The van der Waals surface area contributed by atoms with Crippen molar-refractivity contribution in [2.45, 2.75) is 77.5 Å². The van der Waals surface area contributed by atoms with Crippen LogP contribution in [0.3, 0.4) is 0 Å². The van der Waals surface area contributed by atoms with E-state index in [4.69, 9.17) is 4.74 Å². The van der Waals surface area contributed by atoms with Crippen LogP contribution in [0.2, 0.25) is 0 Å². The Kier molecular flexibility index (Phi) is 7.82. The Bertz CT molecular complexity index is 1210. The van der Waals surface area contributed by atoms with Crippen molar-refractivity contribution in [2.75, 3.05) is 29.9 Å². The molecule has 39 heavy (non-hydrogen) atoms. The largest absolute Gasteiger partial charge is 0.444 e. The standard InChI is InChI=1S/C31H40N4O4/c1-31(2,3)39-30(38)35-18-15-26-22(5-4-6-23(26)20-35)19-21-13-16-34(17-14-21)25-9-7-24(8-10-25)32-27-11-12-28(36)33-29(27)37/h4-10,21,27,32H,11-20H2,1-3H3,(H,33,36,37). The molecule has 8 heteroatoms. The van der Waals surface area contributed by atoms with E-state index in [9.17, 15) is 14.4 Å². The normalized spacial score (nSPS) is 20.3. The minimum Gasteiger partial charge on any atom is -0.444 e. The minimum atomic E-state index is -0.483. The van der Waals surface area contributed by atoms with Crippen molar-refractivity contribution in [3.05, 3.63) is 59.2 Å². The van der Waals surface area contributed by atoms with Crippen LogP contribution < -0.4 is 15.5 Å². The Morgan fingerprint density at radius 3 is 2.44 bits per heavy atom. The summed E-state index contributed by atoms with van der Waals surface area (Å²) in [5.41, 5.74) is 5.69. The lowest BCUT2D eigenvalue weighted by Crippen LogP contribution is -2.47. The van der Waals surface area contributed by atoms with Gasteiger partial charge in [-0.2, -0.15) is 0 Å². The summed E-state index contributed by atoms with van der Waals surface area (Å²) in [4.78, 5) is 40.2. The third-order valence-electron chi connectivity index (χ3n) is 7.95. The second-order valence-corrected chi connectivity index (χ2v) is 12.0. The maximum absolute atomic E-state index is 12.6. The fraction of sp³-hybridized carbons (Fsp3) is 0.516. The first kappa shape index (κ1) is 27.0. The number of nitrogens with one attached hydrogen (secondary N) is 2. The second-order valence-electron chi connectivity index (χ2n) is 12.0. The summed E-state index contributed by atoms with van der Waals surface area (Å²) in [6.45, 7) is 9.07. The summed E-state index contributed by atoms with van der Waals surface area (Å²) < 4.78 is 5.59. The molecule has 8 nitrogen and oxygen atoms in total. The van der Waals surface area contributed by atoms with Crippen molar-refractivity contribution < 1.29 is 19.1 Å². The minimum absolute atomic E-state index is 0.200. The van der Waals surface area contributed by atoms with Gasteiger partial charge in [0.2, 0.25) is 11.8 Å². The molecule has 0 aromatic heterocycles. The molecule has 2 aromatic rings. The predicted molar refractivity (Wildman–Crippen MR) is 152 cm³/mol. The van der Waals surface area contributed by atoms with Gasteiger partial charge in [0.05, 0.1) is 0 Å². The fourth-order valence-corrected chi connectivity index (χ4v) is 5.87. The van der Waals surface area contributed by atoms with Crippen LogP contribution >= 0.6 is 0 Å². The Morgan fingerprint density at radius 2 is 1.74 bits per heavy atom. The van der Waals surface area contributed by atoms with Gasteiger partial charge in [-0.3, -0.25) is 14.9 Å². The van der Waals surface area contributed by atoms with Crippen molar-refractivity contribution in [3.8, 4) is 0 Å². The lowest BCUT2D eigenvalue weighted by atomic mass is 9.85. The van der Waals surface area contributed by atoms with E-state index in [-0.39, 0.29) is 23.9 Å². The van der Waals surface area contributed by atoms with Crippen LogP contribution in [0.25, 0.3) is 0 Å². The number of amides is 3. The zero-order valence-electron chi connectivity index (χ0n) is 23.3. The van der Waals surface area contributed by atoms with E-state index in [0.29, 0.717) is 31.8 Å². The monoisotopic (exact) mass is 532 g/mol. The molecule has 3 aliphatic rings. The molecule has 0 spiro atoms. The zero-order chi connectivity index (χ0) is 27.6. The Hall–Kier alpha value is -3.55. The van der Waals surface area contributed by atoms with E-state index in [1.165, 1.54) is 22.4 Å². The SMILES string of the molecule is CC(C)(C)OC(=O)N1CCc2c(CC3CCN(c4ccc(NC5CCC(=O)NC5=O)cc4)CC3)cccc2C1. The van der Waals surface area contributed by atoms with Crippen LogP contribution in [0.1, 0.15) is 63.1 Å². The molecule has 2 saturated heterocycles. The zero-order valence-corrected chi connectivity index (χ0v) is 23.3. The summed E-state index contributed by atoms with van der Waals surface area (Å²) in [6, 6.07) is 14.4. The average Bonchev–Trinajstić information content (AvgIpc) is 2.90. The average molecular weight is 533 g/mol. The second kappa shape index (κ2) is 11.3. The number of imide groups is 1. The van der Waals surface area contributed by atoms with E-state index >= 15 is 0 Å². The summed E-state index contributed by atoms with van der Waals surface area (Å²) in [5, 5.41) is 5.64. The van der Waals surface area contributed by atoms with Crippen LogP contribution in [0.15, 0.2) is 42.5 Å². The van der Waals surface area contributed by atoms with Crippen LogP contribution in [0.4, 0.5) is 16.2 Å². The van der Waals surface area contributed by atoms with E-state index in [1.54, 1.807) is 0 Å². The smallest absolute Gasteiger partial charge is 0.410 e. The lowest BCUT2D eigenvalue weighted by Gasteiger charge is -2.35. The lowest BCUT2D eigenvalue weighted by molar-refractivity contribution is -0.133. The summed E-state index contributed by atoms with van der Waals surface area (Å²) in [7, 11) is 0. The third-order valence-corrected chi connectivity index (χ3v) is 7.95. The van der Waals surface area contributed by atoms with Crippen molar-refractivity contribution >= 4 is 29.3 Å². The van der Waals surface area contributed by atoms with Gasteiger partial charge in [-0.05, 0) is 99.7 Å². The number of hydrogen-bond acceptors (Lipinski definition) is 6. The number of benzene rings is 2. The van der Waals surface area contributed by atoms with Crippen molar-refractivity contribution in [3.63, 3.8) is 0 Å². The Morgan fingerprint density at radius 1 is 1.00 bits per heavy atom. The van der Waals surface area contributed by atoms with Gasteiger partial charge in [-0.25, -0.2) is 4.79 Å². The van der Waals surface area contributed by atoms with Crippen LogP contribution in [-0.2, 0) is 33.7 Å². The molecule has 2 fully saturated rings. The molecule has 208 valence electrons. The number of carbonyl (C=O) groups is 3. The predicted octanol–water partition coefficient (Wildman–Crippen LogP) is 4.66. The number of fused-ring (bicyclic) bond motifs is 1. The molecule has 0 bridgehead atoms. The molecular formula is C31H40N4O4. The fourth-order valence-electron chi connectivity index (χ4n) is 5.87. The molecule has 3 heterocycles. The number of hydrogen-bond donors (Lipinski definition) is 2. The molecule has 2 N–H and O–H groups in total. The van der Waals surface area contributed by atoms with E-state index in [1.807, 2.05) is 37.8 Å². The first-order valence-electron chi connectivity index (χ1n) is 14.2. The number of nitrogens with zero attached hydrogens (tertiary/aromatic N) is 2. The van der Waals surface area contributed by atoms with Crippen LogP contribution in [0, 0.1) is 5.92 Å². The molecule has 5 rings (SSSR count). The first-order valence-corrected chi connectivity index (χ1v) is 14.2. The number of carbonyl (C=O) groups excluding carboxylic acids is 3. The molecule has 1 atom stereocenters. The molecule has 3 aliphatic heterocycles. The molecule has 2 aromatic carbocycles. The third kappa shape index (κ3) is 6.72. The number of rotatable bonds is 5. The maximum Gasteiger partial charge on any atom is 0.410 e. The van der Waals surface area contributed by atoms with Gasteiger partial charge >= 0.3 is 6.09 Å². The molecule has 0 saturated carbocycles. The van der Waals surface area contributed by atoms with E-state index in [2.05, 4.69) is 45.9 Å². The van der Waals surface area contributed by atoms with Gasteiger partial charge in [0.1, 0.15) is 11.6 Å². The summed E-state index contributed by atoms with van der Waals surface area (Å²) in [5.74, 6) is 0.191. The molecule has 1 unspecified atom stereocenters. The van der Waals surface area contributed by atoms with Gasteiger partial charge in [0.15, 0.2) is 0 Å². The van der Waals surface area contributed by atoms with Crippen LogP contribution in [-0.4, -0.2) is 54.1 Å². The summed E-state index contributed by atoms with van der Waals surface area (Å²) >= 11 is 0. The van der Waals surface area contributed by atoms with Crippen molar-refractivity contribution in [1.82, 2.24) is 10.2 Å². The topological polar surface area (TPSA) is 91.0 Å². The Balaban J connectivity index is 1.13. The highest BCUT2D eigenvalue weighted by Gasteiger charge is 2.28. The first-order chi connectivity index (χ1) is 18.6. The molecule has 3 amide bonds. The number of ether oxygens (including phenoxy) is 1. The van der Waals surface area contributed by atoms with E-state index < -0.39 is 5.60 Å². The number of anilines is 2. The quantitative estimate of drug-likeness (QED) is 0.545. The molecule has 0 radical (unpaired) electrons. The van der Waals surface area contributed by atoms with Gasteiger partial charge < -0.3 is 19.9 Å². The van der Waals surface area contributed by atoms with Gasteiger partial charge in [0.25, 0.3) is 0 Å². The number of piperidine rings is 2.